The smallest absolute Gasteiger partial charge is 0.175 e. The van der Waals surface area contributed by atoms with E-state index >= 15 is 4.39 Å². The lowest BCUT2D eigenvalue weighted by atomic mass is 9.69. The third-order valence-corrected chi connectivity index (χ3v) is 11.2. The molecule has 0 saturated heterocycles. The molecule has 0 bridgehead atoms. The van der Waals surface area contributed by atoms with E-state index in [1.807, 2.05) is 68.6 Å². The van der Waals surface area contributed by atoms with Crippen molar-refractivity contribution >= 4 is 33.0 Å². The van der Waals surface area contributed by atoms with E-state index in [0.29, 0.717) is 5.56 Å². The van der Waals surface area contributed by atoms with Crippen LogP contribution in [0.25, 0.3) is 22.0 Å². The third-order valence-electron chi connectivity index (χ3n) is 9.25. The van der Waals surface area contributed by atoms with Crippen molar-refractivity contribution in [2.24, 2.45) is 11.8 Å². The summed E-state index contributed by atoms with van der Waals surface area (Å²) < 4.78 is 50.4. The van der Waals surface area contributed by atoms with Crippen molar-refractivity contribution in [2.75, 3.05) is 20.4 Å². The Hall–Kier alpha value is -2.82. The standard InChI is InChI=1S/C36H41FN2O4S2/c1-34(2,43-44-39(3)4)30-21-26-10-7-19-38-33(26)32(22-30)25-9-6-8-24(20-25)23-35(37,36(40,28-11-12-28)29-13-14-29)27-15-17-31(18-16-27)45(5,41)42/h6-10,15-22,28-29,40H,11-14,23H2,1-5H3. The maximum atomic E-state index is 18.0. The Morgan fingerprint density at radius 2 is 1.62 bits per heavy atom. The van der Waals surface area contributed by atoms with Crippen LogP contribution < -0.4 is 0 Å². The van der Waals surface area contributed by atoms with Gasteiger partial charge in [-0.05, 0) is 118 Å². The van der Waals surface area contributed by atoms with Crippen LogP contribution in [-0.4, -0.2) is 48.8 Å². The fourth-order valence-corrected chi connectivity index (χ4v) is 7.64. The van der Waals surface area contributed by atoms with Crippen LogP contribution in [0, 0.1) is 11.8 Å². The Kier molecular flexibility index (Phi) is 8.40. The number of benzene rings is 3. The zero-order valence-electron chi connectivity index (χ0n) is 26.5. The maximum absolute atomic E-state index is 18.0. The minimum Gasteiger partial charge on any atom is -0.386 e. The van der Waals surface area contributed by atoms with Crippen LogP contribution in [0.15, 0.2) is 83.9 Å². The molecule has 0 amide bonds. The van der Waals surface area contributed by atoms with E-state index < -0.39 is 26.7 Å². The highest BCUT2D eigenvalue weighted by molar-refractivity contribution is 7.92. The van der Waals surface area contributed by atoms with Gasteiger partial charge in [0, 0.05) is 29.8 Å². The highest BCUT2D eigenvalue weighted by Crippen LogP contribution is 2.61. The summed E-state index contributed by atoms with van der Waals surface area (Å²) in [6.45, 7) is 4.06. The summed E-state index contributed by atoms with van der Waals surface area (Å²) in [5.41, 5.74) is 0.445. The van der Waals surface area contributed by atoms with E-state index in [4.69, 9.17) is 9.17 Å². The van der Waals surface area contributed by atoms with Gasteiger partial charge in [-0.15, -0.1) is 0 Å². The van der Waals surface area contributed by atoms with Crippen molar-refractivity contribution < 1.29 is 22.1 Å². The molecule has 3 aromatic carbocycles. The lowest BCUT2D eigenvalue weighted by Gasteiger charge is -2.43. The van der Waals surface area contributed by atoms with Gasteiger partial charge in [0.05, 0.1) is 22.6 Å². The molecule has 0 aliphatic heterocycles. The van der Waals surface area contributed by atoms with Crippen molar-refractivity contribution in [2.45, 2.75) is 67.7 Å². The molecule has 2 saturated carbocycles. The fourth-order valence-electron chi connectivity index (χ4n) is 6.57. The summed E-state index contributed by atoms with van der Waals surface area (Å²) >= 11 is 1.28. The van der Waals surface area contributed by atoms with Crippen molar-refractivity contribution in [1.82, 2.24) is 9.29 Å². The van der Waals surface area contributed by atoms with Gasteiger partial charge in [0.2, 0.25) is 0 Å². The molecule has 2 fully saturated rings. The summed E-state index contributed by atoms with van der Waals surface area (Å²) in [6, 6.07) is 22.0. The second-order valence-corrected chi connectivity index (χ2v) is 16.5. The van der Waals surface area contributed by atoms with Gasteiger partial charge < -0.3 is 5.11 Å². The summed E-state index contributed by atoms with van der Waals surface area (Å²) in [5, 5.41) is 13.3. The van der Waals surface area contributed by atoms with Crippen LogP contribution in [0.1, 0.15) is 56.2 Å². The number of pyridine rings is 1. The minimum absolute atomic E-state index is 0.0400. The Morgan fingerprint density at radius 3 is 2.22 bits per heavy atom. The SMILES string of the molecule is CN(C)SOC(C)(C)c1cc(-c2cccc(CC(F)(c3ccc(S(C)(=O)=O)cc3)C(O)(C3CC3)C3CC3)c2)c2ncccc2c1. The number of aromatic nitrogens is 1. The molecule has 1 N–H and O–H groups in total. The Balaban J connectivity index is 1.44. The molecule has 1 aromatic heterocycles. The van der Waals surface area contributed by atoms with Crippen molar-refractivity contribution in [3.05, 3.63) is 95.7 Å². The van der Waals surface area contributed by atoms with Crippen molar-refractivity contribution in [1.29, 1.82) is 0 Å². The number of alkyl halides is 1. The minimum atomic E-state index is -3.45. The van der Waals surface area contributed by atoms with Gasteiger partial charge in [0.1, 0.15) is 11.2 Å². The molecule has 0 radical (unpaired) electrons. The number of hydrogen-bond acceptors (Lipinski definition) is 7. The number of hydrogen-bond donors (Lipinski definition) is 1. The first-order valence-corrected chi connectivity index (χ1v) is 18.0. The first-order valence-electron chi connectivity index (χ1n) is 15.5. The Labute approximate surface area is 270 Å². The number of rotatable bonds is 12. The molecule has 6 nitrogen and oxygen atoms in total. The second kappa shape index (κ2) is 11.8. The molecule has 45 heavy (non-hydrogen) atoms. The van der Waals surface area contributed by atoms with E-state index in [1.54, 1.807) is 18.3 Å². The van der Waals surface area contributed by atoms with Gasteiger partial charge in [-0.2, -0.15) is 0 Å². The first kappa shape index (κ1) is 32.1. The molecule has 238 valence electrons. The van der Waals surface area contributed by atoms with Gasteiger partial charge >= 0.3 is 0 Å². The summed E-state index contributed by atoms with van der Waals surface area (Å²) in [6.07, 6.45) is 6.02. The van der Waals surface area contributed by atoms with Crippen LogP contribution in [-0.2, 0) is 31.7 Å². The van der Waals surface area contributed by atoms with Gasteiger partial charge in [-0.1, -0.05) is 42.5 Å². The fraction of sp³-hybridized carbons (Fsp3) is 0.417. The average molecular weight is 649 g/mol. The van der Waals surface area contributed by atoms with E-state index in [0.717, 1.165) is 65.1 Å². The van der Waals surface area contributed by atoms with E-state index in [2.05, 4.69) is 12.1 Å². The Morgan fingerprint density at radius 1 is 0.956 bits per heavy atom. The van der Waals surface area contributed by atoms with E-state index in [-0.39, 0.29) is 23.2 Å². The molecule has 4 aromatic rings. The van der Waals surface area contributed by atoms with Gasteiger partial charge in [0.15, 0.2) is 15.5 Å². The number of sulfone groups is 1. The number of fused-ring (bicyclic) bond motifs is 1. The highest BCUT2D eigenvalue weighted by Gasteiger charge is 2.65. The zero-order valence-corrected chi connectivity index (χ0v) is 28.1. The largest absolute Gasteiger partial charge is 0.386 e. The zero-order chi connectivity index (χ0) is 32.2. The molecule has 9 heteroatoms. The highest BCUT2D eigenvalue weighted by atomic mass is 32.2. The number of aliphatic hydroxyl groups is 1. The van der Waals surface area contributed by atoms with E-state index in [9.17, 15) is 13.5 Å². The molecule has 0 spiro atoms. The third kappa shape index (κ3) is 6.30. The topological polar surface area (TPSA) is 79.7 Å². The molecule has 1 atom stereocenters. The van der Waals surface area contributed by atoms with Gasteiger partial charge in [-0.25, -0.2) is 17.1 Å². The van der Waals surface area contributed by atoms with Crippen LogP contribution >= 0.6 is 12.2 Å². The maximum Gasteiger partial charge on any atom is 0.175 e. The molecule has 6 rings (SSSR count). The summed E-state index contributed by atoms with van der Waals surface area (Å²) in [5.74, 6) is -0.250. The van der Waals surface area contributed by atoms with Crippen LogP contribution in [0.2, 0.25) is 0 Å². The predicted octanol–water partition coefficient (Wildman–Crippen LogP) is 7.64. The van der Waals surface area contributed by atoms with Crippen molar-refractivity contribution in [3.63, 3.8) is 0 Å². The molecular formula is C36H41FN2O4S2. The average Bonchev–Trinajstić information content (AvgIpc) is 3.92. The van der Waals surface area contributed by atoms with Gasteiger partial charge in [0.25, 0.3) is 0 Å². The lowest BCUT2D eigenvalue weighted by Crippen LogP contribution is -2.54. The molecule has 2 aliphatic rings. The van der Waals surface area contributed by atoms with Crippen LogP contribution in [0.5, 0.6) is 0 Å². The number of nitrogens with zero attached hydrogens (tertiary/aromatic N) is 2. The van der Waals surface area contributed by atoms with E-state index in [1.165, 1.54) is 24.4 Å². The Bertz CT molecular complexity index is 1810. The summed E-state index contributed by atoms with van der Waals surface area (Å²) in [7, 11) is 0.415. The molecular weight excluding hydrogens is 608 g/mol. The predicted molar refractivity (Wildman–Crippen MR) is 179 cm³/mol. The van der Waals surface area contributed by atoms with Crippen molar-refractivity contribution in [3.8, 4) is 11.1 Å². The molecule has 2 aliphatic carbocycles. The second-order valence-electron chi connectivity index (χ2n) is 13.4. The van der Waals surface area contributed by atoms with Crippen LogP contribution in [0.3, 0.4) is 0 Å². The first-order chi connectivity index (χ1) is 21.2. The normalized spacial score (nSPS) is 17.5. The van der Waals surface area contributed by atoms with Crippen LogP contribution in [0.4, 0.5) is 4.39 Å². The molecule has 1 heterocycles. The monoisotopic (exact) mass is 648 g/mol. The molecule has 1 unspecified atom stereocenters. The van der Waals surface area contributed by atoms with Gasteiger partial charge in [-0.3, -0.25) is 9.17 Å². The quantitative estimate of drug-likeness (QED) is 0.125. The number of halogens is 1. The lowest BCUT2D eigenvalue weighted by molar-refractivity contribution is -0.140. The summed E-state index contributed by atoms with van der Waals surface area (Å²) in [4.78, 5) is 4.85.